The highest BCUT2D eigenvalue weighted by Crippen LogP contribution is 2.29. The van der Waals surface area contributed by atoms with Crippen LogP contribution in [0.5, 0.6) is 0 Å². The lowest BCUT2D eigenvalue weighted by Gasteiger charge is -2.28. The summed E-state index contributed by atoms with van der Waals surface area (Å²) in [5, 5.41) is 7.56. The Kier molecular flexibility index (Phi) is 6.91. The van der Waals surface area contributed by atoms with E-state index in [1.807, 2.05) is 50.4 Å². The molecule has 0 saturated heterocycles. The summed E-state index contributed by atoms with van der Waals surface area (Å²) in [5.41, 5.74) is 1.96. The van der Waals surface area contributed by atoms with Crippen LogP contribution in [0.1, 0.15) is 31.2 Å². The van der Waals surface area contributed by atoms with Crippen molar-refractivity contribution in [2.75, 3.05) is 30.8 Å². The Morgan fingerprint density at radius 2 is 1.56 bits per heavy atom. The number of fused-ring (bicyclic) bond motifs is 1. The molecule has 0 amide bonds. The van der Waals surface area contributed by atoms with Crippen molar-refractivity contribution < 1.29 is 8.42 Å². The number of aryl methyl sites for hydroxylation is 1. The third kappa shape index (κ3) is 5.37. The third-order valence-corrected chi connectivity index (χ3v) is 7.69. The predicted molar refractivity (Wildman–Crippen MR) is 129 cm³/mol. The fraction of sp³-hybridized carbons (Fsp3) is 0.417. The summed E-state index contributed by atoms with van der Waals surface area (Å²) in [6.07, 6.45) is 4.17. The van der Waals surface area contributed by atoms with Gasteiger partial charge in [-0.15, -0.1) is 0 Å². The van der Waals surface area contributed by atoms with Gasteiger partial charge in [-0.05, 0) is 68.7 Å². The first-order chi connectivity index (χ1) is 15.4. The van der Waals surface area contributed by atoms with Crippen LogP contribution in [0, 0.1) is 18.8 Å². The lowest BCUT2D eigenvalue weighted by atomic mass is 9.82. The minimum absolute atomic E-state index is 0.331. The standard InChI is InChI=1S/C24H31N5O2S/c1-17-7-13-20(14-8-17)32(30,31)27-16-19-11-9-18(10-12-19)15-26-24-28-22-6-4-3-5-21(22)23(25-2)29-24/h3-8,13-14,18-19,27H,9-12,15-16H2,1-2H3,(H2,25,26,28,29). The molecule has 0 bridgehead atoms. The molecule has 3 aromatic rings. The summed E-state index contributed by atoms with van der Waals surface area (Å²) in [7, 11) is -1.58. The molecule has 1 heterocycles. The number of nitrogens with zero attached hydrogens (tertiary/aromatic N) is 2. The van der Waals surface area contributed by atoms with Crippen LogP contribution in [-0.4, -0.2) is 38.5 Å². The van der Waals surface area contributed by atoms with Crippen LogP contribution in [-0.2, 0) is 10.0 Å². The first-order valence-corrected chi connectivity index (χ1v) is 12.7. The zero-order valence-electron chi connectivity index (χ0n) is 18.6. The molecule has 1 aliphatic rings. The smallest absolute Gasteiger partial charge is 0.240 e. The van der Waals surface area contributed by atoms with E-state index in [-0.39, 0.29) is 0 Å². The van der Waals surface area contributed by atoms with E-state index in [9.17, 15) is 8.42 Å². The normalized spacial score (nSPS) is 19.1. The van der Waals surface area contributed by atoms with Crippen LogP contribution in [0.4, 0.5) is 11.8 Å². The van der Waals surface area contributed by atoms with Gasteiger partial charge in [-0.3, -0.25) is 0 Å². The van der Waals surface area contributed by atoms with Gasteiger partial charge in [0.15, 0.2) is 0 Å². The second-order valence-electron chi connectivity index (χ2n) is 8.60. The summed E-state index contributed by atoms with van der Waals surface area (Å²) in [5.74, 6) is 2.37. The molecule has 2 aromatic carbocycles. The van der Waals surface area contributed by atoms with Crippen LogP contribution >= 0.6 is 0 Å². The fourth-order valence-corrected chi connectivity index (χ4v) is 5.37. The molecule has 1 saturated carbocycles. The summed E-state index contributed by atoms with van der Waals surface area (Å²) >= 11 is 0. The maximum Gasteiger partial charge on any atom is 0.240 e. The summed E-state index contributed by atoms with van der Waals surface area (Å²) in [6, 6.07) is 14.9. The average Bonchev–Trinajstić information content (AvgIpc) is 2.82. The van der Waals surface area contributed by atoms with Gasteiger partial charge in [0.1, 0.15) is 5.82 Å². The second-order valence-corrected chi connectivity index (χ2v) is 10.4. The third-order valence-electron chi connectivity index (χ3n) is 6.25. The molecule has 170 valence electrons. The van der Waals surface area contributed by atoms with E-state index in [2.05, 4.69) is 25.3 Å². The van der Waals surface area contributed by atoms with E-state index in [1.54, 1.807) is 12.1 Å². The molecule has 1 aliphatic carbocycles. The van der Waals surface area contributed by atoms with E-state index in [0.717, 1.165) is 54.5 Å². The first-order valence-electron chi connectivity index (χ1n) is 11.2. The highest BCUT2D eigenvalue weighted by molar-refractivity contribution is 7.89. The van der Waals surface area contributed by atoms with E-state index >= 15 is 0 Å². The molecule has 32 heavy (non-hydrogen) atoms. The number of anilines is 2. The molecule has 8 heteroatoms. The van der Waals surface area contributed by atoms with Crippen molar-refractivity contribution in [2.24, 2.45) is 11.8 Å². The van der Waals surface area contributed by atoms with Gasteiger partial charge in [0, 0.05) is 25.5 Å². The number of sulfonamides is 1. The maximum absolute atomic E-state index is 12.5. The average molecular weight is 454 g/mol. The van der Waals surface area contributed by atoms with E-state index in [0.29, 0.717) is 29.2 Å². The van der Waals surface area contributed by atoms with Crippen LogP contribution in [0.2, 0.25) is 0 Å². The number of nitrogens with one attached hydrogen (secondary N) is 3. The van der Waals surface area contributed by atoms with Crippen molar-refractivity contribution in [3.8, 4) is 0 Å². The quantitative estimate of drug-likeness (QED) is 0.474. The summed E-state index contributed by atoms with van der Waals surface area (Å²) in [6.45, 7) is 3.27. The van der Waals surface area contributed by atoms with Crippen LogP contribution in [0.3, 0.4) is 0 Å². The highest BCUT2D eigenvalue weighted by Gasteiger charge is 2.23. The van der Waals surface area contributed by atoms with Gasteiger partial charge in [-0.2, -0.15) is 4.98 Å². The van der Waals surface area contributed by atoms with Crippen LogP contribution in [0.15, 0.2) is 53.4 Å². The number of rotatable bonds is 8. The van der Waals surface area contributed by atoms with Gasteiger partial charge >= 0.3 is 0 Å². The highest BCUT2D eigenvalue weighted by atomic mass is 32.2. The Bertz CT molecular complexity index is 1160. The first kappa shape index (κ1) is 22.5. The van der Waals surface area contributed by atoms with Gasteiger partial charge in [0.25, 0.3) is 0 Å². The molecule has 4 rings (SSSR count). The summed E-state index contributed by atoms with van der Waals surface area (Å²) < 4.78 is 27.8. The molecule has 1 aromatic heterocycles. The molecule has 3 N–H and O–H groups in total. The van der Waals surface area contributed by atoms with Gasteiger partial charge in [0.05, 0.1) is 10.4 Å². The molecule has 0 radical (unpaired) electrons. The number of para-hydroxylation sites is 1. The van der Waals surface area contributed by atoms with Crippen molar-refractivity contribution >= 4 is 32.7 Å². The number of aromatic nitrogens is 2. The largest absolute Gasteiger partial charge is 0.372 e. The second kappa shape index (κ2) is 9.83. The lowest BCUT2D eigenvalue weighted by molar-refractivity contribution is 0.284. The molecule has 7 nitrogen and oxygen atoms in total. The van der Waals surface area contributed by atoms with Gasteiger partial charge in [0.2, 0.25) is 16.0 Å². The van der Waals surface area contributed by atoms with E-state index < -0.39 is 10.0 Å². The van der Waals surface area contributed by atoms with Crippen molar-refractivity contribution in [2.45, 2.75) is 37.5 Å². The van der Waals surface area contributed by atoms with E-state index in [4.69, 9.17) is 0 Å². The number of benzene rings is 2. The molecular weight excluding hydrogens is 422 g/mol. The molecule has 0 atom stereocenters. The van der Waals surface area contributed by atoms with Gasteiger partial charge in [-0.1, -0.05) is 29.8 Å². The number of hydrogen-bond acceptors (Lipinski definition) is 6. The van der Waals surface area contributed by atoms with E-state index in [1.165, 1.54) is 0 Å². The van der Waals surface area contributed by atoms with Crippen LogP contribution in [0.25, 0.3) is 10.9 Å². The Balaban J connectivity index is 1.26. The Morgan fingerprint density at radius 3 is 2.25 bits per heavy atom. The molecule has 0 unspecified atom stereocenters. The molecule has 0 aliphatic heterocycles. The lowest BCUT2D eigenvalue weighted by Crippen LogP contribution is -2.32. The zero-order valence-corrected chi connectivity index (χ0v) is 19.5. The number of hydrogen-bond donors (Lipinski definition) is 3. The van der Waals surface area contributed by atoms with Crippen molar-refractivity contribution in [1.82, 2.24) is 14.7 Å². The van der Waals surface area contributed by atoms with Crippen molar-refractivity contribution in [3.05, 3.63) is 54.1 Å². The van der Waals surface area contributed by atoms with Crippen molar-refractivity contribution in [1.29, 1.82) is 0 Å². The molecule has 0 spiro atoms. The minimum atomic E-state index is -3.45. The zero-order chi connectivity index (χ0) is 22.6. The Labute approximate surface area is 190 Å². The fourth-order valence-electron chi connectivity index (χ4n) is 4.25. The van der Waals surface area contributed by atoms with Crippen molar-refractivity contribution in [3.63, 3.8) is 0 Å². The molecule has 1 fully saturated rings. The monoisotopic (exact) mass is 453 g/mol. The Morgan fingerprint density at radius 1 is 0.906 bits per heavy atom. The SMILES string of the molecule is CNc1nc(NCC2CCC(CNS(=O)(=O)c3ccc(C)cc3)CC2)nc2ccccc12. The predicted octanol–water partition coefficient (Wildman–Crippen LogP) is 4.18. The summed E-state index contributed by atoms with van der Waals surface area (Å²) in [4.78, 5) is 9.57. The van der Waals surface area contributed by atoms with Gasteiger partial charge < -0.3 is 10.6 Å². The topological polar surface area (TPSA) is 96.0 Å². The van der Waals surface area contributed by atoms with Gasteiger partial charge in [-0.25, -0.2) is 18.1 Å². The Hall–Kier alpha value is -2.71. The maximum atomic E-state index is 12.5. The minimum Gasteiger partial charge on any atom is -0.372 e. The van der Waals surface area contributed by atoms with Crippen LogP contribution < -0.4 is 15.4 Å². The molecular formula is C24H31N5O2S.